The van der Waals surface area contributed by atoms with Gasteiger partial charge in [0.1, 0.15) is 0 Å². The van der Waals surface area contributed by atoms with Crippen LogP contribution >= 0.6 is 0 Å². The lowest BCUT2D eigenvalue weighted by Gasteiger charge is -2.59. The predicted octanol–water partition coefficient (Wildman–Crippen LogP) is 4.76. The van der Waals surface area contributed by atoms with E-state index in [1.807, 2.05) is 6.08 Å². The second-order valence-electron chi connectivity index (χ2n) is 8.50. The van der Waals surface area contributed by atoms with Gasteiger partial charge in [0, 0.05) is 5.41 Å². The van der Waals surface area contributed by atoms with Gasteiger partial charge in [-0.25, -0.2) is 0 Å². The van der Waals surface area contributed by atoms with Crippen molar-refractivity contribution in [1.82, 2.24) is 0 Å². The van der Waals surface area contributed by atoms with Gasteiger partial charge in [-0.05, 0) is 73.7 Å². The van der Waals surface area contributed by atoms with Crippen molar-refractivity contribution in [3.63, 3.8) is 0 Å². The highest BCUT2D eigenvalue weighted by Gasteiger charge is 2.58. The highest BCUT2D eigenvalue weighted by Crippen LogP contribution is 2.64. The van der Waals surface area contributed by atoms with Crippen LogP contribution in [0.5, 0.6) is 0 Å². The molecule has 20 heavy (non-hydrogen) atoms. The van der Waals surface area contributed by atoms with Gasteiger partial charge in [0.25, 0.3) is 0 Å². The average Bonchev–Trinajstić information content (AvgIpc) is 2.74. The van der Waals surface area contributed by atoms with Gasteiger partial charge in [0.05, 0.1) is 0 Å². The van der Waals surface area contributed by atoms with E-state index in [2.05, 4.69) is 19.9 Å². The van der Waals surface area contributed by atoms with E-state index in [9.17, 15) is 4.79 Å². The SMILES string of the molecule is CC12CCC3C(CC[C@H]4CCCCC34C)C1C=CC2=O. The third-order valence-corrected chi connectivity index (χ3v) is 7.85. The number of carbonyl (C=O) groups is 1. The Bertz CT molecular complexity index is 464. The van der Waals surface area contributed by atoms with Crippen molar-refractivity contribution in [1.29, 1.82) is 0 Å². The van der Waals surface area contributed by atoms with Crippen LogP contribution in [-0.2, 0) is 4.79 Å². The molecule has 0 aliphatic heterocycles. The van der Waals surface area contributed by atoms with Crippen molar-refractivity contribution in [3.8, 4) is 0 Å². The van der Waals surface area contributed by atoms with Gasteiger partial charge in [-0.3, -0.25) is 4.79 Å². The first-order valence-electron chi connectivity index (χ1n) is 8.78. The number of carbonyl (C=O) groups excluding carboxylic acids is 1. The van der Waals surface area contributed by atoms with Crippen molar-refractivity contribution in [2.45, 2.75) is 65.2 Å². The molecule has 4 aliphatic carbocycles. The van der Waals surface area contributed by atoms with Crippen molar-refractivity contribution in [2.24, 2.45) is 34.5 Å². The van der Waals surface area contributed by atoms with Gasteiger partial charge in [-0.2, -0.15) is 0 Å². The molecule has 5 unspecified atom stereocenters. The first-order chi connectivity index (χ1) is 9.56. The molecule has 0 amide bonds. The molecule has 0 heterocycles. The fourth-order valence-electron chi connectivity index (χ4n) is 6.57. The molecule has 6 atom stereocenters. The summed E-state index contributed by atoms with van der Waals surface area (Å²) in [6, 6.07) is 0. The lowest BCUT2D eigenvalue weighted by atomic mass is 9.45. The Morgan fingerprint density at radius 2 is 1.90 bits per heavy atom. The van der Waals surface area contributed by atoms with Crippen molar-refractivity contribution < 1.29 is 4.79 Å². The number of fused-ring (bicyclic) bond motifs is 5. The fourth-order valence-corrected chi connectivity index (χ4v) is 6.57. The molecule has 3 fully saturated rings. The van der Waals surface area contributed by atoms with Crippen LogP contribution in [-0.4, -0.2) is 5.78 Å². The van der Waals surface area contributed by atoms with E-state index in [1.54, 1.807) is 0 Å². The normalized spacial score (nSPS) is 54.2. The molecule has 1 heteroatoms. The van der Waals surface area contributed by atoms with E-state index >= 15 is 0 Å². The third-order valence-electron chi connectivity index (χ3n) is 7.85. The largest absolute Gasteiger partial charge is 0.294 e. The minimum Gasteiger partial charge on any atom is -0.294 e. The zero-order valence-corrected chi connectivity index (χ0v) is 13.0. The molecule has 3 saturated carbocycles. The fraction of sp³-hybridized carbons (Fsp3) is 0.842. The van der Waals surface area contributed by atoms with Crippen LogP contribution in [0.3, 0.4) is 0 Å². The highest BCUT2D eigenvalue weighted by atomic mass is 16.1. The van der Waals surface area contributed by atoms with E-state index in [-0.39, 0.29) is 5.41 Å². The second-order valence-corrected chi connectivity index (χ2v) is 8.50. The Morgan fingerprint density at radius 3 is 2.75 bits per heavy atom. The molecule has 0 aromatic heterocycles. The second kappa shape index (κ2) is 4.21. The van der Waals surface area contributed by atoms with Crippen molar-refractivity contribution >= 4 is 5.78 Å². The zero-order valence-electron chi connectivity index (χ0n) is 13.0. The first kappa shape index (κ1) is 13.1. The average molecular weight is 272 g/mol. The Labute approximate surface area is 123 Å². The van der Waals surface area contributed by atoms with Crippen LogP contribution in [0, 0.1) is 34.5 Å². The molecule has 0 aromatic carbocycles. The summed E-state index contributed by atoms with van der Waals surface area (Å²) in [5.41, 5.74) is 0.543. The zero-order chi connectivity index (χ0) is 14.0. The lowest BCUT2D eigenvalue weighted by Crippen LogP contribution is -2.52. The van der Waals surface area contributed by atoms with Gasteiger partial charge in [-0.1, -0.05) is 32.8 Å². The molecule has 4 aliphatic rings. The minimum absolute atomic E-state index is 0.0426. The quantitative estimate of drug-likeness (QED) is 0.621. The Kier molecular flexibility index (Phi) is 2.76. The van der Waals surface area contributed by atoms with E-state index in [0.29, 0.717) is 17.1 Å². The summed E-state index contributed by atoms with van der Waals surface area (Å²) in [5.74, 6) is 3.61. The maximum Gasteiger partial charge on any atom is 0.161 e. The molecular weight excluding hydrogens is 244 g/mol. The summed E-state index contributed by atoms with van der Waals surface area (Å²) in [6.07, 6.45) is 15.2. The first-order valence-corrected chi connectivity index (χ1v) is 8.78. The number of allylic oxidation sites excluding steroid dienone is 2. The Balaban J connectivity index is 1.68. The van der Waals surface area contributed by atoms with E-state index in [4.69, 9.17) is 0 Å². The Hall–Kier alpha value is -0.590. The van der Waals surface area contributed by atoms with Gasteiger partial charge in [0.2, 0.25) is 0 Å². The van der Waals surface area contributed by atoms with E-state index < -0.39 is 0 Å². The molecule has 0 spiro atoms. The number of ketones is 1. The number of hydrogen-bond donors (Lipinski definition) is 0. The monoisotopic (exact) mass is 272 g/mol. The minimum atomic E-state index is -0.0426. The highest BCUT2D eigenvalue weighted by molar-refractivity contribution is 5.97. The smallest absolute Gasteiger partial charge is 0.161 e. The van der Waals surface area contributed by atoms with Crippen LogP contribution in [0.1, 0.15) is 65.2 Å². The Morgan fingerprint density at radius 1 is 1.05 bits per heavy atom. The summed E-state index contributed by atoms with van der Waals surface area (Å²) in [6.45, 7) is 4.84. The molecule has 4 rings (SSSR count). The summed E-state index contributed by atoms with van der Waals surface area (Å²) in [7, 11) is 0. The predicted molar refractivity (Wildman–Crippen MR) is 81.3 cm³/mol. The van der Waals surface area contributed by atoms with Crippen LogP contribution in [0.15, 0.2) is 12.2 Å². The van der Waals surface area contributed by atoms with Crippen molar-refractivity contribution in [3.05, 3.63) is 12.2 Å². The molecule has 0 bridgehead atoms. The standard InChI is InChI=1S/C19H28O/c1-18-11-4-3-5-13(18)6-7-14-15-8-9-17(20)19(15,2)12-10-16(14)18/h8-9,13-16H,3-7,10-12H2,1-2H3/t13-,14?,15?,16?,18?,19?/m1/s1. The van der Waals surface area contributed by atoms with Crippen LogP contribution < -0.4 is 0 Å². The molecule has 0 N–H and O–H groups in total. The summed E-state index contributed by atoms with van der Waals surface area (Å²) < 4.78 is 0. The van der Waals surface area contributed by atoms with Gasteiger partial charge in [0.15, 0.2) is 5.78 Å². The van der Waals surface area contributed by atoms with Crippen LogP contribution in [0.25, 0.3) is 0 Å². The molecule has 110 valence electrons. The van der Waals surface area contributed by atoms with Crippen LogP contribution in [0.2, 0.25) is 0 Å². The lowest BCUT2D eigenvalue weighted by molar-refractivity contribution is -0.136. The number of rotatable bonds is 0. The molecular formula is C19H28O. The summed E-state index contributed by atoms with van der Waals surface area (Å²) >= 11 is 0. The van der Waals surface area contributed by atoms with Gasteiger partial charge in [-0.15, -0.1) is 0 Å². The van der Waals surface area contributed by atoms with Gasteiger partial charge < -0.3 is 0 Å². The topological polar surface area (TPSA) is 17.1 Å². The molecule has 0 aromatic rings. The third kappa shape index (κ3) is 1.53. The summed E-state index contributed by atoms with van der Waals surface area (Å²) in [4.78, 5) is 12.3. The maximum atomic E-state index is 12.3. The van der Waals surface area contributed by atoms with E-state index in [0.717, 1.165) is 24.2 Å². The molecule has 0 saturated heterocycles. The summed E-state index contributed by atoms with van der Waals surface area (Å²) in [5, 5.41) is 0. The molecule has 1 nitrogen and oxygen atoms in total. The van der Waals surface area contributed by atoms with Crippen molar-refractivity contribution in [2.75, 3.05) is 0 Å². The van der Waals surface area contributed by atoms with E-state index in [1.165, 1.54) is 44.9 Å². The molecule has 0 radical (unpaired) electrons. The van der Waals surface area contributed by atoms with Crippen LogP contribution in [0.4, 0.5) is 0 Å². The maximum absolute atomic E-state index is 12.3. The van der Waals surface area contributed by atoms with Gasteiger partial charge >= 0.3 is 0 Å². The number of hydrogen-bond acceptors (Lipinski definition) is 1.